The summed E-state index contributed by atoms with van der Waals surface area (Å²) < 4.78 is 9.41. The average Bonchev–Trinajstić information content (AvgIpc) is 2.93. The molecule has 2 heterocycles. The molecule has 100 valence electrons. The first-order valence-electron chi connectivity index (χ1n) is 6.19. The summed E-state index contributed by atoms with van der Waals surface area (Å²) >= 11 is 1.20. The maximum absolute atomic E-state index is 12.0. The van der Waals surface area contributed by atoms with Gasteiger partial charge < -0.3 is 15.4 Å². The molecule has 1 aliphatic heterocycles. The fourth-order valence-corrected chi connectivity index (χ4v) is 2.41. The van der Waals surface area contributed by atoms with Crippen LogP contribution in [0.4, 0.5) is 0 Å². The Bertz CT molecular complexity index is 363. The lowest BCUT2D eigenvalue weighted by atomic mass is 10.1. The first kappa shape index (κ1) is 13.4. The molecule has 0 radical (unpaired) electrons. The number of rotatable bonds is 5. The number of hydrogen-bond donors (Lipinski definition) is 1. The van der Waals surface area contributed by atoms with E-state index in [0.29, 0.717) is 18.8 Å². The van der Waals surface area contributed by atoms with E-state index >= 15 is 0 Å². The van der Waals surface area contributed by atoms with Crippen molar-refractivity contribution in [1.82, 2.24) is 14.5 Å². The third-order valence-electron chi connectivity index (χ3n) is 3.01. The van der Waals surface area contributed by atoms with E-state index in [1.54, 1.807) is 5.38 Å². The highest BCUT2D eigenvalue weighted by Crippen LogP contribution is 2.16. The van der Waals surface area contributed by atoms with Crippen LogP contribution in [0.1, 0.15) is 29.8 Å². The molecule has 0 aromatic carbocycles. The van der Waals surface area contributed by atoms with Crippen LogP contribution in [0.5, 0.6) is 0 Å². The summed E-state index contributed by atoms with van der Waals surface area (Å²) in [5, 5.41) is 5.49. The van der Waals surface area contributed by atoms with Crippen LogP contribution in [-0.2, 0) is 4.74 Å². The molecule has 1 aromatic rings. The third kappa shape index (κ3) is 3.47. The van der Waals surface area contributed by atoms with Gasteiger partial charge in [-0.2, -0.15) is 0 Å². The Morgan fingerprint density at radius 3 is 2.94 bits per heavy atom. The van der Waals surface area contributed by atoms with Gasteiger partial charge in [-0.3, -0.25) is 4.79 Å². The van der Waals surface area contributed by atoms with Gasteiger partial charge in [-0.1, -0.05) is 4.49 Å². The molecular weight excluding hydrogens is 252 g/mol. The number of carbonyl (C=O) groups is 1. The predicted octanol–water partition coefficient (Wildman–Crippen LogP) is 0.508. The molecule has 2 rings (SSSR count). The summed E-state index contributed by atoms with van der Waals surface area (Å²) in [5.74, 6) is -0.0239. The molecule has 18 heavy (non-hydrogen) atoms. The highest BCUT2D eigenvalue weighted by atomic mass is 32.1. The normalized spacial score (nSPS) is 17.1. The van der Waals surface area contributed by atoms with Crippen LogP contribution in [0.15, 0.2) is 5.38 Å². The van der Waals surface area contributed by atoms with Crippen LogP contribution >= 0.6 is 11.5 Å². The van der Waals surface area contributed by atoms with Crippen LogP contribution in [0.25, 0.3) is 0 Å². The molecule has 0 bridgehead atoms. The number of amides is 1. The number of piperidine rings is 1. The topological polar surface area (TPSA) is 81.3 Å². The van der Waals surface area contributed by atoms with Crippen molar-refractivity contribution in [3.63, 3.8) is 0 Å². The van der Waals surface area contributed by atoms with E-state index in [-0.39, 0.29) is 12.0 Å². The van der Waals surface area contributed by atoms with E-state index < -0.39 is 0 Å². The van der Waals surface area contributed by atoms with Gasteiger partial charge in [-0.05, 0) is 37.3 Å². The zero-order valence-electron chi connectivity index (χ0n) is 10.2. The van der Waals surface area contributed by atoms with Gasteiger partial charge in [0, 0.05) is 25.1 Å². The first-order valence-corrected chi connectivity index (χ1v) is 7.03. The van der Waals surface area contributed by atoms with Gasteiger partial charge in [0.2, 0.25) is 0 Å². The van der Waals surface area contributed by atoms with Crippen molar-refractivity contribution in [3.05, 3.63) is 11.1 Å². The zero-order chi connectivity index (χ0) is 12.8. The fourth-order valence-electron chi connectivity index (χ4n) is 1.98. The molecule has 0 unspecified atom stereocenters. The number of carbonyl (C=O) groups excluding carboxylic acids is 1. The lowest BCUT2D eigenvalue weighted by Gasteiger charge is -2.31. The average molecular weight is 270 g/mol. The van der Waals surface area contributed by atoms with Crippen molar-refractivity contribution < 1.29 is 9.53 Å². The summed E-state index contributed by atoms with van der Waals surface area (Å²) in [6.45, 7) is 2.83. The number of aromatic nitrogens is 2. The maximum Gasteiger partial charge on any atom is 0.275 e. The molecule has 1 aliphatic rings. The molecule has 0 atom stereocenters. The Labute approximate surface area is 110 Å². The van der Waals surface area contributed by atoms with Crippen molar-refractivity contribution in [1.29, 1.82) is 0 Å². The second-order valence-corrected chi connectivity index (χ2v) is 4.90. The second kappa shape index (κ2) is 6.77. The molecule has 6 nitrogen and oxygen atoms in total. The van der Waals surface area contributed by atoms with Gasteiger partial charge in [0.25, 0.3) is 5.91 Å². The highest BCUT2D eigenvalue weighted by molar-refractivity contribution is 7.03. The SMILES string of the molecule is NCCCOC1CCN(C(=O)c2csnn2)CC1. The van der Waals surface area contributed by atoms with Gasteiger partial charge in [-0.15, -0.1) is 5.10 Å². The van der Waals surface area contributed by atoms with Gasteiger partial charge in [0.05, 0.1) is 6.10 Å². The van der Waals surface area contributed by atoms with Crippen LogP contribution in [0, 0.1) is 0 Å². The van der Waals surface area contributed by atoms with Gasteiger partial charge in [-0.25, -0.2) is 0 Å². The number of likely N-dealkylation sites (tertiary alicyclic amines) is 1. The van der Waals surface area contributed by atoms with Crippen molar-refractivity contribution in [2.24, 2.45) is 5.73 Å². The fraction of sp³-hybridized carbons (Fsp3) is 0.727. The van der Waals surface area contributed by atoms with Crippen molar-refractivity contribution in [2.45, 2.75) is 25.4 Å². The Kier molecular flexibility index (Phi) is 5.03. The largest absolute Gasteiger partial charge is 0.378 e. The summed E-state index contributed by atoms with van der Waals surface area (Å²) in [6, 6.07) is 0. The minimum absolute atomic E-state index is 0.0239. The van der Waals surface area contributed by atoms with E-state index in [9.17, 15) is 4.79 Å². The molecule has 7 heteroatoms. The third-order valence-corrected chi connectivity index (χ3v) is 3.51. The van der Waals surface area contributed by atoms with Crippen molar-refractivity contribution in [2.75, 3.05) is 26.2 Å². The minimum atomic E-state index is -0.0239. The van der Waals surface area contributed by atoms with E-state index in [2.05, 4.69) is 9.59 Å². The monoisotopic (exact) mass is 270 g/mol. The summed E-state index contributed by atoms with van der Waals surface area (Å²) in [5.41, 5.74) is 5.86. The molecule has 1 saturated heterocycles. The standard InChI is InChI=1S/C11H18N4O2S/c12-4-1-7-17-9-2-5-15(6-3-9)11(16)10-8-18-14-13-10/h8-9H,1-7,12H2. The molecule has 1 fully saturated rings. The lowest BCUT2D eigenvalue weighted by molar-refractivity contribution is 0.00829. The van der Waals surface area contributed by atoms with Crippen LogP contribution < -0.4 is 5.73 Å². The number of nitrogens with two attached hydrogens (primary N) is 1. The number of ether oxygens (including phenoxy) is 1. The van der Waals surface area contributed by atoms with E-state index in [4.69, 9.17) is 10.5 Å². The molecular formula is C11H18N4O2S. The van der Waals surface area contributed by atoms with E-state index in [1.165, 1.54) is 11.5 Å². The molecule has 0 saturated carbocycles. The van der Waals surface area contributed by atoms with Gasteiger partial charge in [0.1, 0.15) is 0 Å². The van der Waals surface area contributed by atoms with Crippen molar-refractivity contribution in [3.8, 4) is 0 Å². The first-order chi connectivity index (χ1) is 8.81. The van der Waals surface area contributed by atoms with Crippen molar-refractivity contribution >= 4 is 17.4 Å². The summed E-state index contributed by atoms with van der Waals surface area (Å²) in [6.07, 6.45) is 2.92. The highest BCUT2D eigenvalue weighted by Gasteiger charge is 2.25. The summed E-state index contributed by atoms with van der Waals surface area (Å²) in [7, 11) is 0. The van der Waals surface area contributed by atoms with Crippen LogP contribution in [0.2, 0.25) is 0 Å². The molecule has 1 aromatic heterocycles. The number of nitrogens with zero attached hydrogens (tertiary/aromatic N) is 3. The second-order valence-electron chi connectivity index (χ2n) is 4.29. The van der Waals surface area contributed by atoms with E-state index in [0.717, 1.165) is 32.4 Å². The zero-order valence-corrected chi connectivity index (χ0v) is 11.1. The van der Waals surface area contributed by atoms with E-state index in [1.807, 2.05) is 4.90 Å². The quantitative estimate of drug-likeness (QED) is 0.788. The summed E-state index contributed by atoms with van der Waals surface area (Å²) in [4.78, 5) is 13.8. The maximum atomic E-state index is 12.0. The molecule has 0 aliphatic carbocycles. The molecule has 1 amide bonds. The predicted molar refractivity (Wildman–Crippen MR) is 68.5 cm³/mol. The van der Waals surface area contributed by atoms with Gasteiger partial charge in [0.15, 0.2) is 5.69 Å². The Morgan fingerprint density at radius 2 is 2.33 bits per heavy atom. The molecule has 0 spiro atoms. The van der Waals surface area contributed by atoms with Gasteiger partial charge >= 0.3 is 0 Å². The van der Waals surface area contributed by atoms with Crippen LogP contribution in [0.3, 0.4) is 0 Å². The molecule has 2 N–H and O–H groups in total. The Balaban J connectivity index is 1.75. The Hall–Kier alpha value is -1.05. The van der Waals surface area contributed by atoms with Crippen LogP contribution in [-0.4, -0.2) is 52.7 Å². The Morgan fingerprint density at radius 1 is 1.56 bits per heavy atom. The number of hydrogen-bond acceptors (Lipinski definition) is 6. The minimum Gasteiger partial charge on any atom is -0.378 e. The lowest BCUT2D eigenvalue weighted by Crippen LogP contribution is -2.41. The smallest absolute Gasteiger partial charge is 0.275 e.